The van der Waals surface area contributed by atoms with Crippen molar-refractivity contribution in [1.29, 1.82) is 0 Å². The van der Waals surface area contributed by atoms with Gasteiger partial charge in [-0.2, -0.15) is 0 Å². The molecular weight excluding hydrogens is 388 g/mol. The lowest BCUT2D eigenvalue weighted by atomic mass is 10.0. The van der Waals surface area contributed by atoms with E-state index < -0.39 is 0 Å². The van der Waals surface area contributed by atoms with Crippen molar-refractivity contribution in [2.45, 2.75) is 25.4 Å². The van der Waals surface area contributed by atoms with Gasteiger partial charge < -0.3 is 19.1 Å². The summed E-state index contributed by atoms with van der Waals surface area (Å²) in [6.45, 7) is 2.47. The summed E-state index contributed by atoms with van der Waals surface area (Å²) < 4.78 is 11.5. The van der Waals surface area contributed by atoms with Crippen LogP contribution in [0.4, 0.5) is 5.69 Å². The van der Waals surface area contributed by atoms with Crippen molar-refractivity contribution < 1.29 is 8.83 Å². The Morgan fingerprint density at radius 1 is 1.00 bits per heavy atom. The first-order valence-electron chi connectivity index (χ1n) is 9.85. The van der Waals surface area contributed by atoms with Gasteiger partial charge in [0, 0.05) is 27.9 Å². The molecule has 1 N–H and O–H groups in total. The molecule has 3 heterocycles. The molecule has 0 unspecified atom stereocenters. The van der Waals surface area contributed by atoms with E-state index in [0.29, 0.717) is 17.2 Å². The van der Waals surface area contributed by atoms with Gasteiger partial charge in [-0.25, -0.2) is 4.79 Å². The average Bonchev–Trinajstić information content (AvgIpc) is 3.15. The lowest BCUT2D eigenvalue weighted by molar-refractivity contribution is 0.415. The topological polar surface area (TPSA) is 58.6 Å². The van der Waals surface area contributed by atoms with Gasteiger partial charge in [0.15, 0.2) is 0 Å². The number of furan rings is 1. The second-order valence-electron chi connectivity index (χ2n) is 7.45. The standard InChI is InChI=1S/C23H21ClN2O3/c24-16-5-6-22-19(12-16)20(13-23(27)29-22)26(17-7-9-25-10-8-17)14-18-11-15-3-1-2-4-21(15)28-18/h1-6,11-13,17,25H,7-10,14H2. The van der Waals surface area contributed by atoms with E-state index in [1.165, 1.54) is 0 Å². The molecular formula is C23H21ClN2O3. The molecule has 0 amide bonds. The van der Waals surface area contributed by atoms with Crippen molar-refractivity contribution >= 4 is 39.2 Å². The SMILES string of the molecule is O=c1cc(N(Cc2cc3ccccc3o2)C2CCNCC2)c2cc(Cl)ccc2o1. The molecule has 2 aromatic carbocycles. The molecule has 0 radical (unpaired) electrons. The maximum absolute atomic E-state index is 12.3. The zero-order chi connectivity index (χ0) is 19.8. The maximum Gasteiger partial charge on any atom is 0.338 e. The number of hydrogen-bond donors (Lipinski definition) is 1. The third-order valence-corrected chi connectivity index (χ3v) is 5.78. The number of hydrogen-bond acceptors (Lipinski definition) is 5. The van der Waals surface area contributed by atoms with E-state index in [1.54, 1.807) is 18.2 Å². The predicted molar refractivity (Wildman–Crippen MR) is 116 cm³/mol. The first-order valence-corrected chi connectivity index (χ1v) is 10.2. The number of anilines is 1. The molecule has 1 saturated heterocycles. The summed E-state index contributed by atoms with van der Waals surface area (Å²) in [5.74, 6) is 0.869. The summed E-state index contributed by atoms with van der Waals surface area (Å²) >= 11 is 6.27. The number of nitrogens with one attached hydrogen (secondary N) is 1. The van der Waals surface area contributed by atoms with Gasteiger partial charge >= 0.3 is 5.63 Å². The fourth-order valence-corrected chi connectivity index (χ4v) is 4.34. The molecule has 29 heavy (non-hydrogen) atoms. The van der Waals surface area contributed by atoms with E-state index in [9.17, 15) is 4.79 Å². The van der Waals surface area contributed by atoms with Crippen LogP contribution in [0.25, 0.3) is 21.9 Å². The number of rotatable bonds is 4. The molecule has 148 valence electrons. The Morgan fingerprint density at radius 2 is 1.83 bits per heavy atom. The van der Waals surface area contributed by atoms with E-state index >= 15 is 0 Å². The Balaban J connectivity index is 1.63. The monoisotopic (exact) mass is 408 g/mol. The van der Waals surface area contributed by atoms with Gasteiger partial charge in [0.05, 0.1) is 12.2 Å². The quantitative estimate of drug-likeness (QED) is 0.484. The molecule has 1 aliphatic heterocycles. The first kappa shape index (κ1) is 18.3. The van der Waals surface area contributed by atoms with E-state index in [-0.39, 0.29) is 11.7 Å². The fourth-order valence-electron chi connectivity index (χ4n) is 4.17. The molecule has 0 atom stereocenters. The van der Waals surface area contributed by atoms with Crippen LogP contribution in [0.3, 0.4) is 0 Å². The van der Waals surface area contributed by atoms with E-state index in [2.05, 4.69) is 16.3 Å². The largest absolute Gasteiger partial charge is 0.459 e. The molecule has 5 rings (SSSR count). The van der Waals surface area contributed by atoms with Gasteiger partial charge in [0.2, 0.25) is 0 Å². The maximum atomic E-state index is 12.3. The van der Waals surface area contributed by atoms with E-state index in [0.717, 1.165) is 53.7 Å². The third-order valence-electron chi connectivity index (χ3n) is 5.54. The van der Waals surface area contributed by atoms with Crippen LogP contribution in [0.5, 0.6) is 0 Å². The minimum atomic E-state index is -0.363. The van der Waals surface area contributed by atoms with E-state index in [1.807, 2.05) is 30.3 Å². The van der Waals surface area contributed by atoms with Crippen molar-refractivity contribution in [3.63, 3.8) is 0 Å². The molecule has 0 bridgehead atoms. The van der Waals surface area contributed by atoms with Crippen LogP contribution in [0.1, 0.15) is 18.6 Å². The molecule has 1 fully saturated rings. The molecule has 0 saturated carbocycles. The Kier molecular flexibility index (Phi) is 4.78. The highest BCUT2D eigenvalue weighted by Gasteiger charge is 2.25. The van der Waals surface area contributed by atoms with Crippen molar-refractivity contribution in [3.05, 3.63) is 75.8 Å². The molecule has 1 aliphatic rings. The number of para-hydroxylation sites is 1. The lowest BCUT2D eigenvalue weighted by Crippen LogP contribution is -2.43. The third kappa shape index (κ3) is 3.63. The number of benzene rings is 2. The van der Waals surface area contributed by atoms with Crippen molar-refractivity contribution in [3.8, 4) is 0 Å². The van der Waals surface area contributed by atoms with Gasteiger partial charge in [-0.05, 0) is 56.3 Å². The van der Waals surface area contributed by atoms with Crippen LogP contribution in [-0.4, -0.2) is 19.1 Å². The Labute approximate surface area is 172 Å². The van der Waals surface area contributed by atoms with Crippen molar-refractivity contribution in [2.24, 2.45) is 0 Å². The summed E-state index contributed by atoms with van der Waals surface area (Å²) in [5.41, 5.74) is 1.89. The number of nitrogens with zero attached hydrogens (tertiary/aromatic N) is 1. The molecule has 0 spiro atoms. The smallest absolute Gasteiger partial charge is 0.338 e. The Hall–Kier alpha value is -2.76. The molecule has 6 heteroatoms. The predicted octanol–water partition coefficient (Wildman–Crippen LogP) is 4.95. The normalized spacial score (nSPS) is 15.2. The summed E-state index contributed by atoms with van der Waals surface area (Å²) in [4.78, 5) is 14.6. The van der Waals surface area contributed by atoms with Gasteiger partial charge in [-0.3, -0.25) is 0 Å². The Morgan fingerprint density at radius 3 is 2.66 bits per heavy atom. The summed E-state index contributed by atoms with van der Waals surface area (Å²) in [6, 6.07) is 17.3. The zero-order valence-corrected chi connectivity index (χ0v) is 16.6. The molecule has 4 aromatic rings. The lowest BCUT2D eigenvalue weighted by Gasteiger charge is -2.36. The van der Waals surface area contributed by atoms with Crippen LogP contribution >= 0.6 is 11.6 Å². The van der Waals surface area contributed by atoms with Gasteiger partial charge in [0.25, 0.3) is 0 Å². The van der Waals surface area contributed by atoms with Gasteiger partial charge in [-0.15, -0.1) is 0 Å². The second-order valence-corrected chi connectivity index (χ2v) is 7.89. The molecule has 2 aromatic heterocycles. The number of fused-ring (bicyclic) bond motifs is 2. The van der Waals surface area contributed by atoms with Crippen LogP contribution in [0.15, 0.2) is 68.2 Å². The highest BCUT2D eigenvalue weighted by Crippen LogP contribution is 2.33. The number of halogens is 1. The highest BCUT2D eigenvalue weighted by atomic mass is 35.5. The van der Waals surface area contributed by atoms with Crippen molar-refractivity contribution in [1.82, 2.24) is 5.32 Å². The minimum absolute atomic E-state index is 0.286. The summed E-state index contributed by atoms with van der Waals surface area (Å²) in [7, 11) is 0. The van der Waals surface area contributed by atoms with Crippen LogP contribution < -0.4 is 15.8 Å². The van der Waals surface area contributed by atoms with Gasteiger partial charge in [0.1, 0.15) is 16.9 Å². The van der Waals surface area contributed by atoms with Gasteiger partial charge in [-0.1, -0.05) is 29.8 Å². The van der Waals surface area contributed by atoms with Crippen LogP contribution in [0, 0.1) is 0 Å². The first-order chi connectivity index (χ1) is 14.2. The van der Waals surface area contributed by atoms with E-state index in [4.69, 9.17) is 20.4 Å². The minimum Gasteiger partial charge on any atom is -0.459 e. The average molecular weight is 409 g/mol. The summed E-state index contributed by atoms with van der Waals surface area (Å²) in [6.07, 6.45) is 1.98. The highest BCUT2D eigenvalue weighted by molar-refractivity contribution is 6.31. The van der Waals surface area contributed by atoms with Crippen molar-refractivity contribution in [2.75, 3.05) is 18.0 Å². The van der Waals surface area contributed by atoms with Crippen LogP contribution in [0.2, 0.25) is 5.02 Å². The van der Waals surface area contributed by atoms with Crippen LogP contribution in [-0.2, 0) is 6.54 Å². The molecule has 0 aliphatic carbocycles. The number of piperidine rings is 1. The Bertz CT molecular complexity index is 1190. The second kappa shape index (κ2) is 7.58. The fraction of sp³-hybridized carbons (Fsp3) is 0.261. The summed E-state index contributed by atoms with van der Waals surface area (Å²) in [5, 5.41) is 5.94. The zero-order valence-electron chi connectivity index (χ0n) is 15.9. The molecule has 5 nitrogen and oxygen atoms in total.